The lowest BCUT2D eigenvalue weighted by Crippen LogP contribution is -2.12. The first-order chi connectivity index (χ1) is 32.8. The lowest BCUT2D eigenvalue weighted by molar-refractivity contribution is 0.410. The van der Waals surface area contributed by atoms with Crippen molar-refractivity contribution in [1.29, 1.82) is 0 Å². The van der Waals surface area contributed by atoms with Gasteiger partial charge in [-0.05, 0) is 119 Å². The normalized spacial score (nSPS) is 12.5. The molecule has 0 aliphatic carbocycles. The Bertz CT molecular complexity index is 3640. The zero-order valence-corrected chi connectivity index (χ0v) is 40.3. The van der Waals surface area contributed by atoms with Crippen molar-refractivity contribution in [2.24, 2.45) is 10.8 Å². The Morgan fingerprint density at radius 3 is 1.07 bits per heavy atom. The third-order valence-electron chi connectivity index (χ3n) is 13.8. The Kier molecular flexibility index (Phi) is 9.54. The number of furan rings is 2. The molecule has 0 saturated heterocycles. The molecule has 0 fully saturated rings. The summed E-state index contributed by atoms with van der Waals surface area (Å²) in [5, 5.41) is 11.8. The molecule has 0 unspecified atom stereocenters. The van der Waals surface area contributed by atoms with Crippen molar-refractivity contribution in [1.82, 2.24) is 0 Å². The monoisotopic (exact) mass is 884 g/mol. The Morgan fingerprint density at radius 1 is 0.338 bits per heavy atom. The molecule has 12 aromatic rings. The van der Waals surface area contributed by atoms with Gasteiger partial charge in [-0.2, -0.15) is 0 Å². The number of nitrogens with zero attached hydrogens (tertiary/aromatic N) is 2. The molecular weight excluding hydrogens is 829 g/mol. The maximum Gasteiger partial charge on any atom is 0.159 e. The van der Waals surface area contributed by atoms with Gasteiger partial charge in [-0.25, -0.2) is 0 Å². The molecule has 10 aromatic carbocycles. The van der Waals surface area contributed by atoms with Crippen LogP contribution in [0.4, 0.5) is 34.1 Å². The summed E-state index contributed by atoms with van der Waals surface area (Å²) in [7, 11) is 0. The number of hydrogen-bond acceptors (Lipinski definition) is 4. The van der Waals surface area contributed by atoms with Gasteiger partial charge in [0.2, 0.25) is 0 Å². The standard InChI is InChI=1S/C64H56N2O2/c1-39-21-29-45(30-22-39)65(55-19-11-17-49-47-15-9-13-43(37-63(3,4)5)59(47)67-61(49)55)53-35-27-41-26-34-52-54(36-28-42-25-33-51(53)57(41)58(42)52)66(46-31-23-40(2)24-32-46)56-20-12-18-50-48-16-10-14-44(38-64(6,7)8)60(48)68-62(50)56/h9-36H,37-38H2,1-8H3. The third-order valence-corrected chi connectivity index (χ3v) is 13.8. The van der Waals surface area contributed by atoms with Crippen LogP contribution in [-0.4, -0.2) is 0 Å². The summed E-state index contributed by atoms with van der Waals surface area (Å²) < 4.78 is 14.2. The van der Waals surface area contributed by atoms with Crippen LogP contribution in [0.15, 0.2) is 179 Å². The zero-order valence-electron chi connectivity index (χ0n) is 40.3. The van der Waals surface area contributed by atoms with Crippen molar-refractivity contribution in [3.8, 4) is 0 Å². The highest BCUT2D eigenvalue weighted by molar-refractivity contribution is 6.28. The molecule has 0 spiro atoms. The number of benzene rings is 10. The number of hydrogen-bond donors (Lipinski definition) is 0. The van der Waals surface area contributed by atoms with Crippen LogP contribution in [0.25, 0.3) is 76.2 Å². The van der Waals surface area contributed by atoms with Crippen LogP contribution in [0.3, 0.4) is 0 Å². The minimum absolute atomic E-state index is 0.111. The molecule has 68 heavy (non-hydrogen) atoms. The molecule has 0 amide bonds. The van der Waals surface area contributed by atoms with E-state index in [2.05, 4.69) is 235 Å². The molecular formula is C64H56N2O2. The molecule has 4 heteroatoms. The summed E-state index contributed by atoms with van der Waals surface area (Å²) in [6.07, 6.45) is 1.84. The second kappa shape index (κ2) is 15.5. The predicted octanol–water partition coefficient (Wildman–Crippen LogP) is 19.1. The van der Waals surface area contributed by atoms with Gasteiger partial charge in [0.25, 0.3) is 0 Å². The Balaban J connectivity index is 1.10. The Hall–Kier alpha value is -7.56. The van der Waals surface area contributed by atoms with Crippen molar-refractivity contribution < 1.29 is 8.83 Å². The van der Waals surface area contributed by atoms with Gasteiger partial charge in [0.15, 0.2) is 11.2 Å². The second-order valence-corrected chi connectivity index (χ2v) is 21.5. The summed E-state index contributed by atoms with van der Waals surface area (Å²) in [6, 6.07) is 62.7. The van der Waals surface area contributed by atoms with E-state index in [4.69, 9.17) is 8.83 Å². The quantitative estimate of drug-likeness (QED) is 0.142. The van der Waals surface area contributed by atoms with Crippen LogP contribution in [0.2, 0.25) is 0 Å². The highest BCUT2D eigenvalue weighted by atomic mass is 16.3. The van der Waals surface area contributed by atoms with Crippen LogP contribution in [0, 0.1) is 24.7 Å². The molecule has 12 rings (SSSR count). The molecule has 2 aromatic heterocycles. The fourth-order valence-electron chi connectivity index (χ4n) is 10.9. The number of anilines is 6. The van der Waals surface area contributed by atoms with Gasteiger partial charge in [-0.1, -0.05) is 174 Å². The maximum atomic E-state index is 7.09. The lowest BCUT2D eigenvalue weighted by Gasteiger charge is -2.29. The average Bonchev–Trinajstić information content (AvgIpc) is 3.90. The molecule has 2 heterocycles. The van der Waals surface area contributed by atoms with Crippen molar-refractivity contribution in [3.05, 3.63) is 192 Å². The molecule has 0 atom stereocenters. The van der Waals surface area contributed by atoms with E-state index in [0.29, 0.717) is 0 Å². The van der Waals surface area contributed by atoms with Gasteiger partial charge in [0, 0.05) is 43.7 Å². The molecule has 0 aliphatic rings. The summed E-state index contributed by atoms with van der Waals surface area (Å²) in [5.74, 6) is 0. The van der Waals surface area contributed by atoms with Crippen molar-refractivity contribution in [2.75, 3.05) is 9.80 Å². The molecule has 334 valence electrons. The van der Waals surface area contributed by atoms with Crippen LogP contribution in [0.5, 0.6) is 0 Å². The summed E-state index contributed by atoms with van der Waals surface area (Å²) >= 11 is 0. The fraction of sp³-hybridized carbons (Fsp3) is 0.188. The van der Waals surface area contributed by atoms with Gasteiger partial charge in [0.05, 0.1) is 22.7 Å². The first-order valence-electron chi connectivity index (χ1n) is 24.1. The maximum absolute atomic E-state index is 7.09. The first-order valence-corrected chi connectivity index (χ1v) is 24.1. The summed E-state index contributed by atoms with van der Waals surface area (Å²) in [6.45, 7) is 18.1. The first kappa shape index (κ1) is 41.8. The van der Waals surface area contributed by atoms with Crippen LogP contribution in [-0.2, 0) is 12.8 Å². The number of para-hydroxylation sites is 4. The third kappa shape index (κ3) is 6.96. The summed E-state index contributed by atoms with van der Waals surface area (Å²) in [5.41, 5.74) is 15.2. The van der Waals surface area contributed by atoms with Crippen LogP contribution >= 0.6 is 0 Å². The summed E-state index contributed by atoms with van der Waals surface area (Å²) in [4.78, 5) is 4.82. The van der Waals surface area contributed by atoms with E-state index in [1.54, 1.807) is 0 Å². The van der Waals surface area contributed by atoms with Gasteiger partial charge in [-0.3, -0.25) is 0 Å². The van der Waals surface area contributed by atoms with Gasteiger partial charge in [-0.15, -0.1) is 0 Å². The van der Waals surface area contributed by atoms with E-state index in [1.165, 1.54) is 54.6 Å². The predicted molar refractivity (Wildman–Crippen MR) is 290 cm³/mol. The van der Waals surface area contributed by atoms with Gasteiger partial charge < -0.3 is 18.6 Å². The van der Waals surface area contributed by atoms with E-state index >= 15 is 0 Å². The van der Waals surface area contributed by atoms with E-state index in [0.717, 1.165) is 90.8 Å². The van der Waals surface area contributed by atoms with Gasteiger partial charge >= 0.3 is 0 Å². The Labute approximate surface area is 398 Å². The number of aryl methyl sites for hydroxylation is 2. The van der Waals surface area contributed by atoms with E-state index < -0.39 is 0 Å². The SMILES string of the molecule is Cc1ccc(N(c2ccc3ccc4c(N(c5ccc(C)cc5)c5cccc6c5oc5c(CC(C)(C)C)cccc56)ccc5ccc2c3c54)c2cccc3c2oc2c(CC(C)(C)C)cccc23)cc1. The molecule has 0 N–H and O–H groups in total. The minimum Gasteiger partial charge on any atom is -0.454 e. The molecule has 4 nitrogen and oxygen atoms in total. The molecule has 0 saturated carbocycles. The number of rotatable bonds is 8. The Morgan fingerprint density at radius 2 is 0.691 bits per heavy atom. The van der Waals surface area contributed by atoms with E-state index in [1.807, 2.05) is 0 Å². The minimum atomic E-state index is 0.111. The van der Waals surface area contributed by atoms with Gasteiger partial charge in [0.1, 0.15) is 11.2 Å². The topological polar surface area (TPSA) is 32.8 Å². The smallest absolute Gasteiger partial charge is 0.159 e. The van der Waals surface area contributed by atoms with Crippen LogP contribution < -0.4 is 9.80 Å². The highest BCUT2D eigenvalue weighted by Gasteiger charge is 2.27. The average molecular weight is 885 g/mol. The largest absolute Gasteiger partial charge is 0.454 e. The van der Waals surface area contributed by atoms with Crippen molar-refractivity contribution in [3.63, 3.8) is 0 Å². The second-order valence-electron chi connectivity index (χ2n) is 21.5. The van der Waals surface area contributed by atoms with Crippen molar-refractivity contribution >= 4 is 110 Å². The highest BCUT2D eigenvalue weighted by Crippen LogP contribution is 2.51. The van der Waals surface area contributed by atoms with E-state index in [9.17, 15) is 0 Å². The van der Waals surface area contributed by atoms with Crippen LogP contribution in [0.1, 0.15) is 63.8 Å². The van der Waals surface area contributed by atoms with Crippen molar-refractivity contribution in [2.45, 2.75) is 68.2 Å². The lowest BCUT2D eigenvalue weighted by atomic mass is 9.87. The molecule has 0 radical (unpaired) electrons. The fourth-order valence-corrected chi connectivity index (χ4v) is 10.9. The zero-order chi connectivity index (χ0) is 46.6. The van der Waals surface area contributed by atoms with E-state index in [-0.39, 0.29) is 10.8 Å². The molecule has 0 bridgehead atoms. The molecule has 0 aliphatic heterocycles. The number of fused-ring (bicyclic) bond motifs is 6.